The smallest absolute Gasteiger partial charge is 0.178 e. The van der Waals surface area contributed by atoms with Gasteiger partial charge in [0.25, 0.3) is 0 Å². The molecule has 2 atom stereocenters. The average molecular weight is 311 g/mol. The number of hydrogen-bond acceptors (Lipinski definition) is 4. The molecule has 1 aromatic carbocycles. The average Bonchev–Trinajstić information content (AvgIpc) is 2.43. The van der Waals surface area contributed by atoms with Gasteiger partial charge in [0.2, 0.25) is 0 Å². The van der Waals surface area contributed by atoms with Crippen molar-refractivity contribution in [3.63, 3.8) is 0 Å². The number of benzene rings is 1. The van der Waals surface area contributed by atoms with Crippen molar-refractivity contribution in [2.45, 2.75) is 50.7 Å². The van der Waals surface area contributed by atoms with Gasteiger partial charge in [-0.25, -0.2) is 8.42 Å². The Hall–Kier alpha value is -1.07. The summed E-state index contributed by atoms with van der Waals surface area (Å²) in [4.78, 5) is 0.400. The summed E-state index contributed by atoms with van der Waals surface area (Å²) < 4.78 is 29.4. The second kappa shape index (κ2) is 5.97. The molecule has 2 rings (SSSR count). The van der Waals surface area contributed by atoms with Crippen molar-refractivity contribution >= 4 is 15.5 Å². The summed E-state index contributed by atoms with van der Waals surface area (Å²) >= 11 is 0. The number of ether oxygens (including phenoxy) is 1. The van der Waals surface area contributed by atoms with Crippen molar-refractivity contribution in [2.24, 2.45) is 5.41 Å². The van der Waals surface area contributed by atoms with E-state index in [1.54, 1.807) is 19.2 Å². The topological polar surface area (TPSA) is 55.4 Å². The lowest BCUT2D eigenvalue weighted by atomic mass is 9.64. The van der Waals surface area contributed by atoms with Crippen LogP contribution < -0.4 is 5.32 Å². The lowest BCUT2D eigenvalue weighted by molar-refractivity contribution is -0.0794. The van der Waals surface area contributed by atoms with Gasteiger partial charge in [0.05, 0.1) is 16.8 Å². The molecule has 1 aromatic rings. The van der Waals surface area contributed by atoms with E-state index in [2.05, 4.69) is 19.2 Å². The van der Waals surface area contributed by atoms with Gasteiger partial charge in [-0.1, -0.05) is 20.8 Å². The fraction of sp³-hybridized carbons (Fsp3) is 0.625. The van der Waals surface area contributed by atoms with Crippen molar-refractivity contribution in [3.05, 3.63) is 24.3 Å². The van der Waals surface area contributed by atoms with Gasteiger partial charge < -0.3 is 10.1 Å². The number of methoxy groups -OCH3 is 1. The van der Waals surface area contributed by atoms with Crippen LogP contribution in [0.1, 0.15) is 33.6 Å². The number of sulfone groups is 1. The predicted molar refractivity (Wildman–Crippen MR) is 85.4 cm³/mol. The first kappa shape index (κ1) is 16.3. The van der Waals surface area contributed by atoms with E-state index in [4.69, 9.17) is 4.74 Å². The van der Waals surface area contributed by atoms with Crippen molar-refractivity contribution in [3.8, 4) is 0 Å². The highest BCUT2D eigenvalue weighted by Gasteiger charge is 2.48. The molecule has 0 radical (unpaired) electrons. The first-order valence-corrected chi connectivity index (χ1v) is 9.08. The van der Waals surface area contributed by atoms with Gasteiger partial charge in [-0.05, 0) is 37.1 Å². The molecule has 4 nitrogen and oxygen atoms in total. The third-order valence-electron chi connectivity index (χ3n) is 4.49. The maximum absolute atomic E-state index is 12.0. The van der Waals surface area contributed by atoms with Crippen molar-refractivity contribution in [2.75, 3.05) is 18.2 Å². The third kappa shape index (κ3) is 3.24. The highest BCUT2D eigenvalue weighted by molar-refractivity contribution is 7.91. The van der Waals surface area contributed by atoms with E-state index in [9.17, 15) is 8.42 Å². The SMILES string of the molecule is CCCS(=O)(=O)c1ccc(NC2CC(OC)C2(C)C)cc1. The Balaban J connectivity index is 2.04. The van der Waals surface area contributed by atoms with Crippen molar-refractivity contribution in [1.82, 2.24) is 0 Å². The Bertz CT molecular complexity index is 578. The molecule has 1 aliphatic carbocycles. The highest BCUT2D eigenvalue weighted by atomic mass is 32.2. The van der Waals surface area contributed by atoms with Crippen LogP contribution in [0.4, 0.5) is 5.69 Å². The molecular formula is C16H25NO3S. The predicted octanol–water partition coefficient (Wildman–Crippen LogP) is 3.10. The van der Waals surface area contributed by atoms with Crippen LogP contribution in [0.5, 0.6) is 0 Å². The second-order valence-electron chi connectivity index (χ2n) is 6.32. The molecule has 0 bridgehead atoms. The summed E-state index contributed by atoms with van der Waals surface area (Å²) in [5, 5.41) is 3.47. The normalized spacial score (nSPS) is 24.4. The van der Waals surface area contributed by atoms with Gasteiger partial charge in [-0.2, -0.15) is 0 Å². The molecule has 5 heteroatoms. The Morgan fingerprint density at radius 2 is 1.90 bits per heavy atom. The van der Waals surface area contributed by atoms with E-state index in [0.29, 0.717) is 17.4 Å². The van der Waals surface area contributed by atoms with E-state index in [1.165, 1.54) is 0 Å². The van der Waals surface area contributed by atoms with Gasteiger partial charge >= 0.3 is 0 Å². The molecule has 118 valence electrons. The second-order valence-corrected chi connectivity index (χ2v) is 8.43. The first-order chi connectivity index (χ1) is 9.81. The molecule has 1 fully saturated rings. The summed E-state index contributed by atoms with van der Waals surface area (Å²) in [7, 11) is -1.38. The largest absolute Gasteiger partial charge is 0.382 e. The van der Waals surface area contributed by atoms with Gasteiger partial charge in [0, 0.05) is 24.3 Å². The molecule has 0 amide bonds. The van der Waals surface area contributed by atoms with Crippen LogP contribution in [0.15, 0.2) is 29.2 Å². The molecule has 0 aliphatic heterocycles. The summed E-state index contributed by atoms with van der Waals surface area (Å²) in [6.07, 6.45) is 1.88. The van der Waals surface area contributed by atoms with Crippen LogP contribution in [0.3, 0.4) is 0 Å². The van der Waals surface area contributed by atoms with E-state index < -0.39 is 9.84 Å². The summed E-state index contributed by atoms with van der Waals surface area (Å²) in [5.74, 6) is 0.199. The minimum absolute atomic E-state index is 0.0850. The first-order valence-electron chi connectivity index (χ1n) is 7.43. The summed E-state index contributed by atoms with van der Waals surface area (Å²) in [6, 6.07) is 7.41. The monoisotopic (exact) mass is 311 g/mol. The molecule has 1 saturated carbocycles. The highest BCUT2D eigenvalue weighted by Crippen LogP contribution is 2.44. The lowest BCUT2D eigenvalue weighted by Crippen LogP contribution is -2.57. The number of rotatable bonds is 6. The zero-order valence-electron chi connectivity index (χ0n) is 13.2. The van der Waals surface area contributed by atoms with Crippen molar-refractivity contribution in [1.29, 1.82) is 0 Å². The molecule has 0 spiro atoms. The maximum atomic E-state index is 12.0. The number of nitrogens with one attached hydrogen (secondary N) is 1. The van der Waals surface area contributed by atoms with Crippen LogP contribution >= 0.6 is 0 Å². The van der Waals surface area contributed by atoms with E-state index in [1.807, 2.05) is 19.1 Å². The Labute approximate surface area is 127 Å². The van der Waals surface area contributed by atoms with E-state index >= 15 is 0 Å². The summed E-state index contributed by atoms with van der Waals surface area (Å²) in [6.45, 7) is 6.24. The Morgan fingerprint density at radius 3 is 2.38 bits per heavy atom. The third-order valence-corrected chi connectivity index (χ3v) is 6.43. The van der Waals surface area contributed by atoms with Gasteiger partial charge in [-0.3, -0.25) is 0 Å². The molecular weight excluding hydrogens is 286 g/mol. The van der Waals surface area contributed by atoms with Crippen LogP contribution in [0, 0.1) is 5.41 Å². The number of anilines is 1. The molecule has 2 unspecified atom stereocenters. The fourth-order valence-electron chi connectivity index (χ4n) is 2.88. The Kier molecular flexibility index (Phi) is 4.63. The van der Waals surface area contributed by atoms with Crippen molar-refractivity contribution < 1.29 is 13.2 Å². The minimum atomic E-state index is -3.13. The quantitative estimate of drug-likeness (QED) is 0.877. The summed E-state index contributed by atoms with van der Waals surface area (Å²) in [5.41, 5.74) is 1.04. The van der Waals surface area contributed by atoms with Gasteiger partial charge in [-0.15, -0.1) is 0 Å². The van der Waals surface area contributed by atoms with Gasteiger partial charge in [0.1, 0.15) is 0 Å². The van der Waals surface area contributed by atoms with Crippen LogP contribution in [-0.4, -0.2) is 33.4 Å². The van der Waals surface area contributed by atoms with E-state index in [0.717, 1.165) is 12.1 Å². The zero-order chi connectivity index (χ0) is 15.7. The number of hydrogen-bond donors (Lipinski definition) is 1. The van der Waals surface area contributed by atoms with Crippen LogP contribution in [0.25, 0.3) is 0 Å². The van der Waals surface area contributed by atoms with Gasteiger partial charge in [0.15, 0.2) is 9.84 Å². The van der Waals surface area contributed by atoms with Crippen LogP contribution in [-0.2, 0) is 14.6 Å². The minimum Gasteiger partial charge on any atom is -0.382 e. The zero-order valence-corrected chi connectivity index (χ0v) is 14.0. The molecule has 0 heterocycles. The maximum Gasteiger partial charge on any atom is 0.178 e. The van der Waals surface area contributed by atoms with E-state index in [-0.39, 0.29) is 17.3 Å². The molecule has 1 aliphatic rings. The molecule has 1 N–H and O–H groups in total. The fourth-order valence-corrected chi connectivity index (χ4v) is 4.20. The molecule has 21 heavy (non-hydrogen) atoms. The Morgan fingerprint density at radius 1 is 1.29 bits per heavy atom. The molecule has 0 saturated heterocycles. The lowest BCUT2D eigenvalue weighted by Gasteiger charge is -2.51. The van der Waals surface area contributed by atoms with Crippen LogP contribution in [0.2, 0.25) is 0 Å². The standard InChI is InChI=1S/C16H25NO3S/c1-5-10-21(18,19)13-8-6-12(7-9-13)17-14-11-15(20-4)16(14,2)3/h6-9,14-15,17H,5,10-11H2,1-4H3. The molecule has 0 aromatic heterocycles.